The van der Waals surface area contributed by atoms with Gasteiger partial charge in [-0.3, -0.25) is 9.59 Å². The maximum atomic E-state index is 12.4. The van der Waals surface area contributed by atoms with E-state index in [2.05, 4.69) is 0 Å². The molecule has 2 amide bonds. The van der Waals surface area contributed by atoms with E-state index in [-0.39, 0.29) is 35.4 Å². The van der Waals surface area contributed by atoms with Gasteiger partial charge in [0.15, 0.2) is 9.84 Å². The quantitative estimate of drug-likeness (QED) is 0.801. The molecule has 1 saturated heterocycles. The van der Waals surface area contributed by atoms with Crippen LogP contribution in [0.3, 0.4) is 0 Å². The summed E-state index contributed by atoms with van der Waals surface area (Å²) in [7, 11) is -3.50. The first kappa shape index (κ1) is 18.1. The number of para-hydroxylation sites is 1. The van der Waals surface area contributed by atoms with Crippen molar-refractivity contribution in [2.75, 3.05) is 30.3 Å². The number of piperazine rings is 1. The van der Waals surface area contributed by atoms with E-state index in [1.165, 1.54) is 17.0 Å². The van der Waals surface area contributed by atoms with Crippen LogP contribution in [0.15, 0.2) is 65.6 Å². The highest BCUT2D eigenvalue weighted by Gasteiger charge is 2.28. The summed E-state index contributed by atoms with van der Waals surface area (Å²) in [6, 6.07) is 17.4. The van der Waals surface area contributed by atoms with Crippen LogP contribution in [0.25, 0.3) is 0 Å². The van der Waals surface area contributed by atoms with Crippen LogP contribution >= 0.6 is 0 Å². The zero-order valence-electron chi connectivity index (χ0n) is 14.2. The van der Waals surface area contributed by atoms with Gasteiger partial charge in [0.05, 0.1) is 10.6 Å². The molecular formula is C19H20N2O4S. The van der Waals surface area contributed by atoms with Crippen molar-refractivity contribution in [3.8, 4) is 0 Å². The van der Waals surface area contributed by atoms with Gasteiger partial charge in [0.1, 0.15) is 6.54 Å². The van der Waals surface area contributed by atoms with Crippen LogP contribution in [-0.2, 0) is 19.4 Å². The van der Waals surface area contributed by atoms with Gasteiger partial charge < -0.3 is 9.80 Å². The number of sulfone groups is 1. The Labute approximate surface area is 153 Å². The van der Waals surface area contributed by atoms with E-state index >= 15 is 0 Å². The molecule has 1 fully saturated rings. The van der Waals surface area contributed by atoms with Gasteiger partial charge in [-0.05, 0) is 24.3 Å². The molecule has 0 N–H and O–H groups in total. The molecule has 1 aliphatic heterocycles. The second kappa shape index (κ2) is 7.70. The number of hydrogen-bond donors (Lipinski definition) is 0. The molecule has 0 radical (unpaired) electrons. The van der Waals surface area contributed by atoms with Crippen molar-refractivity contribution in [1.82, 2.24) is 4.90 Å². The molecule has 26 heavy (non-hydrogen) atoms. The van der Waals surface area contributed by atoms with Crippen LogP contribution in [0.5, 0.6) is 0 Å². The Morgan fingerprint density at radius 2 is 1.54 bits per heavy atom. The van der Waals surface area contributed by atoms with E-state index in [0.29, 0.717) is 13.1 Å². The van der Waals surface area contributed by atoms with Crippen molar-refractivity contribution < 1.29 is 18.0 Å². The first-order chi connectivity index (χ1) is 12.5. The Morgan fingerprint density at radius 3 is 2.15 bits per heavy atom. The lowest BCUT2D eigenvalue weighted by molar-refractivity contribution is -0.136. The van der Waals surface area contributed by atoms with Gasteiger partial charge in [0.25, 0.3) is 0 Å². The number of benzene rings is 2. The van der Waals surface area contributed by atoms with E-state index in [0.717, 1.165) is 5.69 Å². The number of nitrogens with zero attached hydrogens (tertiary/aromatic N) is 2. The minimum atomic E-state index is -3.50. The van der Waals surface area contributed by atoms with Crippen LogP contribution < -0.4 is 4.90 Å². The largest absolute Gasteiger partial charge is 0.332 e. The van der Waals surface area contributed by atoms with E-state index in [4.69, 9.17) is 0 Å². The third-order valence-electron chi connectivity index (χ3n) is 4.33. The molecule has 0 aromatic heterocycles. The number of carbonyl (C=O) groups is 2. The fraction of sp³-hybridized carbons (Fsp3) is 0.263. The SMILES string of the molecule is O=C(CCS(=O)(=O)c1ccccc1)N1CCN(c2ccccc2)C(=O)C1. The maximum absolute atomic E-state index is 12.4. The molecule has 0 bridgehead atoms. The van der Waals surface area contributed by atoms with Gasteiger partial charge in [-0.15, -0.1) is 0 Å². The summed E-state index contributed by atoms with van der Waals surface area (Å²) in [6.07, 6.45) is -0.129. The Kier molecular flexibility index (Phi) is 5.37. The fourth-order valence-electron chi connectivity index (χ4n) is 2.89. The lowest BCUT2D eigenvalue weighted by Crippen LogP contribution is -2.52. The summed E-state index contributed by atoms with van der Waals surface area (Å²) < 4.78 is 24.5. The molecule has 136 valence electrons. The molecule has 2 aromatic rings. The maximum Gasteiger partial charge on any atom is 0.246 e. The van der Waals surface area contributed by atoms with Gasteiger partial charge >= 0.3 is 0 Å². The summed E-state index contributed by atoms with van der Waals surface area (Å²) in [4.78, 5) is 28.0. The van der Waals surface area contributed by atoms with Gasteiger partial charge in [-0.25, -0.2) is 8.42 Å². The summed E-state index contributed by atoms with van der Waals surface area (Å²) in [6.45, 7) is 0.768. The molecule has 3 rings (SSSR count). The molecule has 2 aromatic carbocycles. The molecule has 7 heteroatoms. The first-order valence-corrected chi connectivity index (χ1v) is 10.0. The molecule has 1 aliphatic rings. The smallest absolute Gasteiger partial charge is 0.246 e. The second-order valence-corrected chi connectivity index (χ2v) is 8.19. The number of hydrogen-bond acceptors (Lipinski definition) is 4. The highest BCUT2D eigenvalue weighted by molar-refractivity contribution is 7.91. The van der Waals surface area contributed by atoms with E-state index in [1.807, 2.05) is 30.3 Å². The van der Waals surface area contributed by atoms with Crippen molar-refractivity contribution in [3.05, 3.63) is 60.7 Å². The van der Waals surface area contributed by atoms with Crippen molar-refractivity contribution in [1.29, 1.82) is 0 Å². The Balaban J connectivity index is 1.58. The van der Waals surface area contributed by atoms with Gasteiger partial charge in [-0.2, -0.15) is 0 Å². The zero-order chi connectivity index (χ0) is 18.6. The summed E-state index contributed by atoms with van der Waals surface area (Å²) in [5, 5.41) is 0. The van der Waals surface area contributed by atoms with E-state index in [9.17, 15) is 18.0 Å². The normalized spacial score (nSPS) is 15.2. The predicted octanol–water partition coefficient (Wildman–Crippen LogP) is 1.73. The molecule has 0 spiro atoms. The van der Waals surface area contributed by atoms with Gasteiger partial charge in [-0.1, -0.05) is 36.4 Å². The second-order valence-electron chi connectivity index (χ2n) is 6.08. The average Bonchev–Trinajstić information content (AvgIpc) is 2.67. The molecule has 0 unspecified atom stereocenters. The van der Waals surface area contributed by atoms with Crippen molar-refractivity contribution in [3.63, 3.8) is 0 Å². The Morgan fingerprint density at radius 1 is 0.923 bits per heavy atom. The molecule has 0 saturated carbocycles. The van der Waals surface area contributed by atoms with Crippen molar-refractivity contribution in [2.45, 2.75) is 11.3 Å². The van der Waals surface area contributed by atoms with Crippen LogP contribution in [0.1, 0.15) is 6.42 Å². The molecule has 1 heterocycles. The monoisotopic (exact) mass is 372 g/mol. The Bertz CT molecular complexity index is 882. The van der Waals surface area contributed by atoms with Gasteiger partial charge in [0.2, 0.25) is 11.8 Å². The van der Waals surface area contributed by atoms with E-state index in [1.54, 1.807) is 23.1 Å². The standard InChI is InChI=1S/C19H20N2O4S/c22-18(11-14-26(24,25)17-9-5-2-6-10-17)20-12-13-21(19(23)15-20)16-7-3-1-4-8-16/h1-10H,11-15H2. The summed E-state index contributed by atoms with van der Waals surface area (Å²) >= 11 is 0. The molecule has 6 nitrogen and oxygen atoms in total. The third-order valence-corrected chi connectivity index (χ3v) is 6.06. The molecule has 0 atom stereocenters. The average molecular weight is 372 g/mol. The van der Waals surface area contributed by atoms with Crippen LogP contribution in [0.2, 0.25) is 0 Å². The topological polar surface area (TPSA) is 74.8 Å². The highest BCUT2D eigenvalue weighted by atomic mass is 32.2. The zero-order valence-corrected chi connectivity index (χ0v) is 15.1. The lowest BCUT2D eigenvalue weighted by Gasteiger charge is -2.34. The number of carbonyl (C=O) groups excluding carboxylic acids is 2. The minimum Gasteiger partial charge on any atom is -0.332 e. The van der Waals surface area contributed by atoms with Crippen molar-refractivity contribution >= 4 is 27.3 Å². The van der Waals surface area contributed by atoms with Gasteiger partial charge in [0, 0.05) is 25.2 Å². The lowest BCUT2D eigenvalue weighted by atomic mass is 10.2. The predicted molar refractivity (Wildman–Crippen MR) is 98.5 cm³/mol. The fourth-order valence-corrected chi connectivity index (χ4v) is 4.14. The minimum absolute atomic E-state index is 0.0287. The summed E-state index contributed by atoms with van der Waals surface area (Å²) in [5.74, 6) is -0.740. The van der Waals surface area contributed by atoms with E-state index < -0.39 is 9.84 Å². The summed E-state index contributed by atoms with van der Waals surface area (Å²) in [5.41, 5.74) is 0.802. The van der Waals surface area contributed by atoms with Crippen LogP contribution in [0.4, 0.5) is 5.69 Å². The highest BCUT2D eigenvalue weighted by Crippen LogP contribution is 2.17. The van der Waals surface area contributed by atoms with Crippen LogP contribution in [0, 0.1) is 0 Å². The molecular weight excluding hydrogens is 352 g/mol. The number of rotatable bonds is 5. The first-order valence-electron chi connectivity index (χ1n) is 8.38. The number of amides is 2. The molecule has 0 aliphatic carbocycles. The third kappa shape index (κ3) is 4.11. The Hall–Kier alpha value is -2.67. The van der Waals surface area contributed by atoms with Crippen LogP contribution in [-0.4, -0.2) is 50.5 Å². The van der Waals surface area contributed by atoms with Crippen molar-refractivity contribution in [2.24, 2.45) is 0 Å². The number of anilines is 1.